The third-order valence-corrected chi connectivity index (χ3v) is 2.98. The van der Waals surface area contributed by atoms with Crippen molar-refractivity contribution >= 4 is 0 Å². The lowest BCUT2D eigenvalue weighted by atomic mass is 10.1. The van der Waals surface area contributed by atoms with Crippen LogP contribution in [0.15, 0.2) is 12.3 Å². The zero-order valence-electron chi connectivity index (χ0n) is 10.9. The summed E-state index contributed by atoms with van der Waals surface area (Å²) in [6, 6.07) is 2.17. The molecule has 1 saturated heterocycles. The number of aromatic nitrogens is 2. The highest BCUT2D eigenvalue weighted by molar-refractivity contribution is 5.10. The molecule has 0 spiro atoms. The van der Waals surface area contributed by atoms with Gasteiger partial charge >= 0.3 is 6.01 Å². The Balaban J connectivity index is 1.74. The number of rotatable bonds is 7. The van der Waals surface area contributed by atoms with Crippen molar-refractivity contribution in [1.82, 2.24) is 15.3 Å². The van der Waals surface area contributed by atoms with Crippen molar-refractivity contribution < 1.29 is 9.47 Å². The smallest absolute Gasteiger partial charge is 0.319 e. The summed E-state index contributed by atoms with van der Waals surface area (Å²) >= 11 is 0. The molecule has 2 heterocycles. The summed E-state index contributed by atoms with van der Waals surface area (Å²) < 4.78 is 11.0. The van der Waals surface area contributed by atoms with Crippen molar-refractivity contribution in [2.24, 2.45) is 5.92 Å². The van der Waals surface area contributed by atoms with Crippen LogP contribution in [0.5, 0.6) is 11.9 Å². The lowest BCUT2D eigenvalue weighted by Crippen LogP contribution is -2.12. The largest absolute Gasteiger partial charge is 0.478 e. The molecule has 1 fully saturated rings. The Labute approximate surface area is 108 Å². The van der Waals surface area contributed by atoms with Crippen LogP contribution < -0.4 is 14.8 Å². The first kappa shape index (κ1) is 13.1. The summed E-state index contributed by atoms with van der Waals surface area (Å²) in [5.41, 5.74) is 0. The van der Waals surface area contributed by atoms with Gasteiger partial charge in [-0.05, 0) is 38.3 Å². The van der Waals surface area contributed by atoms with Gasteiger partial charge in [-0.15, -0.1) is 0 Å². The number of hydrogen-bond acceptors (Lipinski definition) is 5. The van der Waals surface area contributed by atoms with Gasteiger partial charge in [0.25, 0.3) is 0 Å². The highest BCUT2D eigenvalue weighted by atomic mass is 16.5. The Morgan fingerprint density at radius 2 is 2.33 bits per heavy atom. The quantitative estimate of drug-likeness (QED) is 0.798. The van der Waals surface area contributed by atoms with Crippen LogP contribution in [0.1, 0.15) is 26.2 Å². The van der Waals surface area contributed by atoms with E-state index in [9.17, 15) is 0 Å². The molecule has 1 aromatic heterocycles. The zero-order chi connectivity index (χ0) is 12.6. The Bertz CT molecular complexity index is 354. The number of hydrogen-bond donors (Lipinski definition) is 1. The summed E-state index contributed by atoms with van der Waals surface area (Å²) in [5, 5.41) is 3.35. The minimum absolute atomic E-state index is 0.412. The van der Waals surface area contributed by atoms with E-state index in [1.807, 2.05) is 0 Å². The van der Waals surface area contributed by atoms with E-state index in [1.165, 1.54) is 6.42 Å². The van der Waals surface area contributed by atoms with Gasteiger partial charge < -0.3 is 14.8 Å². The summed E-state index contributed by atoms with van der Waals surface area (Å²) in [4.78, 5) is 8.29. The fourth-order valence-corrected chi connectivity index (χ4v) is 1.96. The van der Waals surface area contributed by atoms with Crippen LogP contribution in [0.2, 0.25) is 0 Å². The molecule has 0 radical (unpaired) electrons. The topological polar surface area (TPSA) is 56.3 Å². The molecule has 1 aliphatic rings. The van der Waals surface area contributed by atoms with Crippen molar-refractivity contribution in [1.29, 1.82) is 0 Å². The van der Waals surface area contributed by atoms with Crippen LogP contribution >= 0.6 is 0 Å². The summed E-state index contributed by atoms with van der Waals surface area (Å²) in [7, 11) is 0. The van der Waals surface area contributed by atoms with Crippen LogP contribution in [0.3, 0.4) is 0 Å². The van der Waals surface area contributed by atoms with Gasteiger partial charge in [-0.1, -0.05) is 6.92 Å². The Morgan fingerprint density at radius 1 is 1.39 bits per heavy atom. The van der Waals surface area contributed by atoms with Crippen LogP contribution in [0.4, 0.5) is 0 Å². The molecule has 0 aromatic carbocycles. The fraction of sp³-hybridized carbons (Fsp3) is 0.692. The maximum Gasteiger partial charge on any atom is 0.319 e. The zero-order valence-corrected chi connectivity index (χ0v) is 10.9. The molecule has 0 saturated carbocycles. The lowest BCUT2D eigenvalue weighted by molar-refractivity contribution is 0.252. The maximum atomic E-state index is 5.56. The second-order valence-corrected chi connectivity index (χ2v) is 4.52. The molecular weight excluding hydrogens is 230 g/mol. The van der Waals surface area contributed by atoms with Crippen molar-refractivity contribution in [2.45, 2.75) is 26.2 Å². The molecule has 5 heteroatoms. The minimum Gasteiger partial charge on any atom is -0.478 e. The SMILES string of the molecule is CCCOc1ccnc(OCCC2CCNC2)n1. The predicted octanol–water partition coefficient (Wildman–Crippen LogP) is 1.64. The van der Waals surface area contributed by atoms with Gasteiger partial charge in [-0.3, -0.25) is 0 Å². The minimum atomic E-state index is 0.412. The molecule has 18 heavy (non-hydrogen) atoms. The van der Waals surface area contributed by atoms with E-state index in [2.05, 4.69) is 22.2 Å². The summed E-state index contributed by atoms with van der Waals surface area (Å²) in [5.74, 6) is 1.31. The van der Waals surface area contributed by atoms with E-state index >= 15 is 0 Å². The molecule has 1 N–H and O–H groups in total. The molecule has 0 bridgehead atoms. The highest BCUT2D eigenvalue weighted by Crippen LogP contribution is 2.14. The number of nitrogens with one attached hydrogen (secondary N) is 1. The monoisotopic (exact) mass is 251 g/mol. The third-order valence-electron chi connectivity index (χ3n) is 2.98. The second kappa shape index (κ2) is 7.16. The molecule has 0 amide bonds. The van der Waals surface area contributed by atoms with Gasteiger partial charge in [0.1, 0.15) is 0 Å². The van der Waals surface area contributed by atoms with E-state index in [4.69, 9.17) is 9.47 Å². The standard InChI is InChI=1S/C13H21N3O2/c1-2-8-17-12-4-7-15-13(16-12)18-9-5-11-3-6-14-10-11/h4,7,11,14H,2-3,5-6,8-10H2,1H3. The first-order valence-electron chi connectivity index (χ1n) is 6.68. The van der Waals surface area contributed by atoms with Crippen molar-refractivity contribution in [3.05, 3.63) is 12.3 Å². The van der Waals surface area contributed by atoms with Gasteiger partial charge in [0.05, 0.1) is 13.2 Å². The van der Waals surface area contributed by atoms with E-state index in [1.54, 1.807) is 12.3 Å². The Kier molecular flexibility index (Phi) is 5.20. The van der Waals surface area contributed by atoms with E-state index in [0.29, 0.717) is 25.1 Å². The van der Waals surface area contributed by atoms with Crippen LogP contribution in [0, 0.1) is 5.92 Å². The number of nitrogens with zero attached hydrogens (tertiary/aromatic N) is 2. The van der Waals surface area contributed by atoms with Crippen LogP contribution in [-0.2, 0) is 0 Å². The molecular formula is C13H21N3O2. The fourth-order valence-electron chi connectivity index (χ4n) is 1.96. The van der Waals surface area contributed by atoms with E-state index < -0.39 is 0 Å². The first-order chi connectivity index (χ1) is 8.88. The van der Waals surface area contributed by atoms with Crippen molar-refractivity contribution in [3.63, 3.8) is 0 Å². The molecule has 100 valence electrons. The molecule has 1 unspecified atom stereocenters. The van der Waals surface area contributed by atoms with E-state index in [0.717, 1.165) is 31.8 Å². The molecule has 1 atom stereocenters. The van der Waals surface area contributed by atoms with Gasteiger partial charge in [-0.2, -0.15) is 4.98 Å². The average molecular weight is 251 g/mol. The molecule has 0 aliphatic carbocycles. The van der Waals surface area contributed by atoms with E-state index in [-0.39, 0.29) is 0 Å². The van der Waals surface area contributed by atoms with Gasteiger partial charge in [0, 0.05) is 12.3 Å². The molecule has 1 aliphatic heterocycles. The van der Waals surface area contributed by atoms with Crippen molar-refractivity contribution in [3.8, 4) is 11.9 Å². The lowest BCUT2D eigenvalue weighted by Gasteiger charge is -2.09. The third kappa shape index (κ3) is 4.14. The Hall–Kier alpha value is -1.36. The average Bonchev–Trinajstić information content (AvgIpc) is 2.90. The van der Waals surface area contributed by atoms with Crippen LogP contribution in [0.25, 0.3) is 0 Å². The molecule has 5 nitrogen and oxygen atoms in total. The van der Waals surface area contributed by atoms with Gasteiger partial charge in [-0.25, -0.2) is 4.98 Å². The summed E-state index contributed by atoms with van der Waals surface area (Å²) in [6.07, 6.45) is 4.93. The Morgan fingerprint density at radius 3 is 3.11 bits per heavy atom. The first-order valence-corrected chi connectivity index (χ1v) is 6.68. The normalized spacial score (nSPS) is 18.8. The predicted molar refractivity (Wildman–Crippen MR) is 68.9 cm³/mol. The van der Waals surface area contributed by atoms with Gasteiger partial charge in [0.2, 0.25) is 5.88 Å². The van der Waals surface area contributed by atoms with Crippen LogP contribution in [-0.4, -0.2) is 36.3 Å². The maximum absolute atomic E-state index is 5.56. The summed E-state index contributed by atoms with van der Waals surface area (Å²) in [6.45, 7) is 5.63. The highest BCUT2D eigenvalue weighted by Gasteiger charge is 2.14. The van der Waals surface area contributed by atoms with Gasteiger partial charge in [0.15, 0.2) is 0 Å². The molecule has 1 aromatic rings. The van der Waals surface area contributed by atoms with Crippen molar-refractivity contribution in [2.75, 3.05) is 26.3 Å². The molecule has 2 rings (SSSR count). The number of ether oxygens (including phenoxy) is 2. The second-order valence-electron chi connectivity index (χ2n) is 4.52.